The SMILES string of the molecule is CCNC(=O)c1cccc(-c2ccc(CN3CCOc4nc([N+](=O)[O-])cn4CC3)cc2)c1. The van der Waals surface area contributed by atoms with Crippen LogP contribution in [0.3, 0.4) is 0 Å². The van der Waals surface area contributed by atoms with Crippen LogP contribution in [0.2, 0.25) is 0 Å². The number of nitrogens with one attached hydrogen (secondary N) is 1. The van der Waals surface area contributed by atoms with Crippen molar-refractivity contribution in [2.45, 2.75) is 20.0 Å². The molecule has 0 bridgehead atoms. The van der Waals surface area contributed by atoms with Gasteiger partial charge in [0, 0.05) is 43.3 Å². The summed E-state index contributed by atoms with van der Waals surface area (Å²) >= 11 is 0. The number of hydrogen-bond acceptors (Lipinski definition) is 6. The van der Waals surface area contributed by atoms with Gasteiger partial charge >= 0.3 is 11.8 Å². The Hall–Kier alpha value is -3.72. The normalized spacial score (nSPS) is 14.0. The number of carbonyl (C=O) groups is 1. The molecule has 1 aliphatic rings. The summed E-state index contributed by atoms with van der Waals surface area (Å²) in [6, 6.07) is 16.2. The fourth-order valence-corrected chi connectivity index (χ4v) is 3.70. The van der Waals surface area contributed by atoms with E-state index in [0.717, 1.165) is 29.8 Å². The highest BCUT2D eigenvalue weighted by Crippen LogP contribution is 2.23. The number of aromatic nitrogens is 2. The second-order valence-electron chi connectivity index (χ2n) is 7.59. The third-order valence-electron chi connectivity index (χ3n) is 5.37. The summed E-state index contributed by atoms with van der Waals surface area (Å²) < 4.78 is 7.31. The van der Waals surface area contributed by atoms with Gasteiger partial charge in [0.1, 0.15) is 12.8 Å². The van der Waals surface area contributed by atoms with Crippen molar-refractivity contribution in [1.82, 2.24) is 19.8 Å². The number of rotatable bonds is 6. The maximum atomic E-state index is 12.1. The average Bonchev–Trinajstić information content (AvgIpc) is 3.19. The van der Waals surface area contributed by atoms with Gasteiger partial charge in [-0.05, 0) is 40.7 Å². The second-order valence-corrected chi connectivity index (χ2v) is 7.59. The fraction of sp³-hybridized carbons (Fsp3) is 0.304. The van der Waals surface area contributed by atoms with E-state index in [2.05, 4.69) is 39.5 Å². The molecule has 0 unspecified atom stereocenters. The first-order chi connectivity index (χ1) is 15.5. The Morgan fingerprint density at radius 3 is 2.72 bits per heavy atom. The van der Waals surface area contributed by atoms with Crippen LogP contribution in [0, 0.1) is 10.1 Å². The first kappa shape index (κ1) is 21.5. The predicted octanol–water partition coefficient (Wildman–Crippen LogP) is 3.10. The van der Waals surface area contributed by atoms with Gasteiger partial charge in [-0.3, -0.25) is 14.3 Å². The Bertz CT molecular complexity index is 1110. The molecule has 0 radical (unpaired) electrons. The van der Waals surface area contributed by atoms with E-state index in [1.807, 2.05) is 31.2 Å². The molecule has 1 N–H and O–H groups in total. The molecule has 0 aliphatic carbocycles. The van der Waals surface area contributed by atoms with Crippen molar-refractivity contribution in [3.8, 4) is 17.1 Å². The molecular weight excluding hydrogens is 410 g/mol. The highest BCUT2D eigenvalue weighted by atomic mass is 16.6. The molecule has 0 saturated carbocycles. The molecule has 0 atom stereocenters. The molecule has 0 fully saturated rings. The van der Waals surface area contributed by atoms with E-state index in [0.29, 0.717) is 37.8 Å². The van der Waals surface area contributed by atoms with E-state index >= 15 is 0 Å². The summed E-state index contributed by atoms with van der Waals surface area (Å²) in [5.74, 6) is -0.267. The maximum Gasteiger partial charge on any atom is 0.414 e. The molecule has 2 aromatic carbocycles. The molecule has 1 aromatic heterocycles. The van der Waals surface area contributed by atoms with E-state index in [9.17, 15) is 14.9 Å². The highest BCUT2D eigenvalue weighted by molar-refractivity contribution is 5.95. The Morgan fingerprint density at radius 1 is 1.16 bits per heavy atom. The summed E-state index contributed by atoms with van der Waals surface area (Å²) in [5.41, 5.74) is 3.85. The van der Waals surface area contributed by atoms with Crippen LogP contribution in [0.15, 0.2) is 54.7 Å². The zero-order valence-corrected chi connectivity index (χ0v) is 17.9. The maximum absolute atomic E-state index is 12.1. The molecule has 9 nitrogen and oxygen atoms in total. The number of benzene rings is 2. The molecule has 1 aliphatic heterocycles. The van der Waals surface area contributed by atoms with Gasteiger partial charge in [0.25, 0.3) is 5.91 Å². The number of carbonyl (C=O) groups excluding carboxylic acids is 1. The summed E-state index contributed by atoms with van der Waals surface area (Å²) in [6.45, 7) is 5.67. The number of amides is 1. The molecule has 0 saturated heterocycles. The predicted molar refractivity (Wildman–Crippen MR) is 120 cm³/mol. The topological polar surface area (TPSA) is 103 Å². The zero-order valence-electron chi connectivity index (χ0n) is 17.9. The average molecular weight is 435 g/mol. The van der Waals surface area contributed by atoms with Crippen molar-refractivity contribution in [3.05, 3.63) is 76.0 Å². The van der Waals surface area contributed by atoms with Gasteiger partial charge in [-0.15, -0.1) is 0 Å². The van der Waals surface area contributed by atoms with Crippen molar-refractivity contribution >= 4 is 11.7 Å². The van der Waals surface area contributed by atoms with Crippen LogP contribution in [0.4, 0.5) is 5.82 Å². The Balaban J connectivity index is 1.41. The van der Waals surface area contributed by atoms with Crippen LogP contribution in [-0.4, -0.2) is 51.5 Å². The lowest BCUT2D eigenvalue weighted by atomic mass is 10.0. The molecule has 9 heteroatoms. The molecule has 1 amide bonds. The smallest absolute Gasteiger partial charge is 0.414 e. The third kappa shape index (κ3) is 4.94. The zero-order chi connectivity index (χ0) is 22.5. The molecule has 4 rings (SSSR count). The fourth-order valence-electron chi connectivity index (χ4n) is 3.70. The van der Waals surface area contributed by atoms with E-state index in [-0.39, 0.29) is 11.7 Å². The van der Waals surface area contributed by atoms with Crippen molar-refractivity contribution in [2.75, 3.05) is 26.2 Å². The Labute approximate surface area is 185 Å². The third-order valence-corrected chi connectivity index (χ3v) is 5.37. The lowest BCUT2D eigenvalue weighted by molar-refractivity contribution is -0.389. The minimum absolute atomic E-state index is 0.0725. The van der Waals surface area contributed by atoms with Gasteiger partial charge in [-0.1, -0.05) is 36.4 Å². The summed E-state index contributed by atoms with van der Waals surface area (Å²) in [6.07, 6.45) is 1.42. The minimum Gasteiger partial charge on any atom is -0.444 e. The van der Waals surface area contributed by atoms with Crippen molar-refractivity contribution in [1.29, 1.82) is 0 Å². The van der Waals surface area contributed by atoms with Crippen molar-refractivity contribution < 1.29 is 14.5 Å². The second kappa shape index (κ2) is 9.61. The Morgan fingerprint density at radius 2 is 1.97 bits per heavy atom. The van der Waals surface area contributed by atoms with Crippen LogP contribution >= 0.6 is 0 Å². The van der Waals surface area contributed by atoms with Crippen LogP contribution in [0.5, 0.6) is 6.01 Å². The molecule has 2 heterocycles. The first-order valence-corrected chi connectivity index (χ1v) is 10.6. The van der Waals surface area contributed by atoms with Crippen LogP contribution in [0.1, 0.15) is 22.8 Å². The minimum atomic E-state index is -0.507. The monoisotopic (exact) mass is 435 g/mol. The van der Waals surface area contributed by atoms with Gasteiger partial charge in [-0.25, -0.2) is 0 Å². The number of hydrogen-bond donors (Lipinski definition) is 1. The van der Waals surface area contributed by atoms with Crippen LogP contribution < -0.4 is 10.1 Å². The number of imidazole rings is 1. The Kier molecular flexibility index (Phi) is 6.46. The molecule has 0 spiro atoms. The van der Waals surface area contributed by atoms with Gasteiger partial charge < -0.3 is 20.2 Å². The number of ether oxygens (including phenoxy) is 1. The van der Waals surface area contributed by atoms with Gasteiger partial charge in [-0.2, -0.15) is 0 Å². The lowest BCUT2D eigenvalue weighted by Crippen LogP contribution is -2.33. The molecular formula is C23H25N5O4. The number of nitrogens with zero attached hydrogens (tertiary/aromatic N) is 4. The van der Waals surface area contributed by atoms with Crippen LogP contribution in [-0.2, 0) is 13.1 Å². The molecule has 166 valence electrons. The van der Waals surface area contributed by atoms with Crippen molar-refractivity contribution in [2.24, 2.45) is 0 Å². The van der Waals surface area contributed by atoms with Crippen LogP contribution in [0.25, 0.3) is 11.1 Å². The molecule has 32 heavy (non-hydrogen) atoms. The quantitative estimate of drug-likeness (QED) is 0.471. The van der Waals surface area contributed by atoms with Gasteiger partial charge in [0.05, 0.1) is 0 Å². The van der Waals surface area contributed by atoms with E-state index in [4.69, 9.17) is 4.74 Å². The first-order valence-electron chi connectivity index (χ1n) is 10.6. The molecule has 3 aromatic rings. The van der Waals surface area contributed by atoms with E-state index in [1.165, 1.54) is 6.20 Å². The summed E-state index contributed by atoms with van der Waals surface area (Å²) in [5, 5.41) is 13.8. The largest absolute Gasteiger partial charge is 0.444 e. The number of nitro groups is 1. The summed E-state index contributed by atoms with van der Waals surface area (Å²) in [4.78, 5) is 28.7. The number of fused-ring (bicyclic) bond motifs is 1. The lowest BCUT2D eigenvalue weighted by Gasteiger charge is -2.24. The summed E-state index contributed by atoms with van der Waals surface area (Å²) in [7, 11) is 0. The standard InChI is InChI=1S/C23H25N5O4/c1-2-24-22(29)20-5-3-4-19(14-20)18-8-6-17(7-9-18)15-26-10-11-27-16-21(28(30)31)25-23(27)32-13-12-26/h3-9,14,16H,2,10-13,15H2,1H3,(H,24,29). The van der Waals surface area contributed by atoms with Gasteiger partial charge in [0.2, 0.25) is 0 Å². The van der Waals surface area contributed by atoms with Gasteiger partial charge in [0.15, 0.2) is 0 Å². The highest BCUT2D eigenvalue weighted by Gasteiger charge is 2.22. The van der Waals surface area contributed by atoms with Crippen molar-refractivity contribution in [3.63, 3.8) is 0 Å². The van der Waals surface area contributed by atoms with E-state index in [1.54, 1.807) is 4.57 Å². The van der Waals surface area contributed by atoms with E-state index < -0.39 is 4.92 Å².